The van der Waals surface area contributed by atoms with E-state index in [1.165, 1.54) is 0 Å². The molecule has 0 amide bonds. The number of carbonyl (C=O) groups excluding carboxylic acids is 1. The van der Waals surface area contributed by atoms with E-state index in [0.29, 0.717) is 12.8 Å². The number of hydrogen-bond donors (Lipinski definition) is 1. The molecule has 1 atom stereocenters. The minimum atomic E-state index is -3.06. The number of anilines is 1. The molecule has 0 aliphatic carbocycles. The Labute approximate surface area is 120 Å². The molecule has 0 spiro atoms. The SMILES string of the molecule is CCCS(=O)(=O)CCC(=O)CC1CNc2ccccc21. The molecule has 5 heteroatoms. The first kappa shape index (κ1) is 15.0. The Morgan fingerprint density at radius 2 is 2.05 bits per heavy atom. The molecule has 1 aliphatic heterocycles. The van der Waals surface area contributed by atoms with Crippen molar-refractivity contribution in [2.45, 2.75) is 32.1 Å². The standard InChI is InChI=1S/C15H21NO3S/c1-2-8-20(18,19)9-7-13(17)10-12-11-16-15-6-4-3-5-14(12)15/h3-6,12,16H,2,7-11H2,1H3. The van der Waals surface area contributed by atoms with Crippen LogP contribution in [0.2, 0.25) is 0 Å². The Hall–Kier alpha value is -1.36. The van der Waals surface area contributed by atoms with Crippen molar-refractivity contribution in [2.24, 2.45) is 0 Å². The lowest BCUT2D eigenvalue weighted by molar-refractivity contribution is -0.119. The van der Waals surface area contributed by atoms with E-state index in [9.17, 15) is 13.2 Å². The van der Waals surface area contributed by atoms with Crippen LogP contribution in [-0.2, 0) is 14.6 Å². The third kappa shape index (κ3) is 3.82. The van der Waals surface area contributed by atoms with Crippen LogP contribution < -0.4 is 5.32 Å². The van der Waals surface area contributed by atoms with Crippen molar-refractivity contribution in [3.63, 3.8) is 0 Å². The van der Waals surface area contributed by atoms with Crippen molar-refractivity contribution in [3.05, 3.63) is 29.8 Å². The summed E-state index contributed by atoms with van der Waals surface area (Å²) in [6.07, 6.45) is 1.17. The molecular formula is C15H21NO3S. The minimum absolute atomic E-state index is 0.0124. The van der Waals surface area contributed by atoms with E-state index in [1.807, 2.05) is 31.2 Å². The van der Waals surface area contributed by atoms with Gasteiger partial charge in [-0.15, -0.1) is 0 Å². The van der Waals surface area contributed by atoms with E-state index in [0.717, 1.165) is 17.8 Å². The van der Waals surface area contributed by atoms with Gasteiger partial charge in [0, 0.05) is 36.7 Å². The number of nitrogens with one attached hydrogen (secondary N) is 1. The zero-order valence-corrected chi connectivity index (χ0v) is 12.6. The fourth-order valence-electron chi connectivity index (χ4n) is 2.60. The fraction of sp³-hybridized carbons (Fsp3) is 0.533. The highest BCUT2D eigenvalue weighted by Gasteiger charge is 2.24. The predicted octanol–water partition coefficient (Wildman–Crippen LogP) is 2.37. The maximum Gasteiger partial charge on any atom is 0.150 e. The largest absolute Gasteiger partial charge is 0.384 e. The van der Waals surface area contributed by atoms with Gasteiger partial charge < -0.3 is 5.32 Å². The van der Waals surface area contributed by atoms with Gasteiger partial charge in [-0.25, -0.2) is 8.42 Å². The Bertz CT molecular complexity index is 581. The zero-order valence-electron chi connectivity index (χ0n) is 11.8. The molecule has 0 saturated carbocycles. The topological polar surface area (TPSA) is 63.2 Å². The Kier molecular flexibility index (Phi) is 4.81. The minimum Gasteiger partial charge on any atom is -0.384 e. The summed E-state index contributed by atoms with van der Waals surface area (Å²) in [5.74, 6) is 0.371. The fourth-order valence-corrected chi connectivity index (χ4v) is 3.96. The number of benzene rings is 1. The first-order chi connectivity index (χ1) is 9.52. The number of carbonyl (C=O) groups is 1. The summed E-state index contributed by atoms with van der Waals surface area (Å²) in [7, 11) is -3.06. The molecule has 4 nitrogen and oxygen atoms in total. The van der Waals surface area contributed by atoms with Crippen molar-refractivity contribution in [3.8, 4) is 0 Å². The first-order valence-corrected chi connectivity index (χ1v) is 8.89. The second kappa shape index (κ2) is 6.39. The van der Waals surface area contributed by atoms with Gasteiger partial charge in [-0.05, 0) is 18.1 Å². The van der Waals surface area contributed by atoms with Gasteiger partial charge in [-0.2, -0.15) is 0 Å². The smallest absolute Gasteiger partial charge is 0.150 e. The Morgan fingerprint density at radius 3 is 2.80 bits per heavy atom. The molecule has 0 radical (unpaired) electrons. The molecular weight excluding hydrogens is 274 g/mol. The first-order valence-electron chi connectivity index (χ1n) is 7.07. The highest BCUT2D eigenvalue weighted by Crippen LogP contribution is 2.33. The van der Waals surface area contributed by atoms with Crippen molar-refractivity contribution in [2.75, 3.05) is 23.4 Å². The van der Waals surface area contributed by atoms with E-state index in [-0.39, 0.29) is 29.6 Å². The van der Waals surface area contributed by atoms with Crippen molar-refractivity contribution >= 4 is 21.3 Å². The highest BCUT2D eigenvalue weighted by atomic mass is 32.2. The van der Waals surface area contributed by atoms with Gasteiger partial charge in [0.2, 0.25) is 0 Å². The van der Waals surface area contributed by atoms with Gasteiger partial charge in [0.05, 0.1) is 5.75 Å². The molecule has 110 valence electrons. The summed E-state index contributed by atoms with van der Waals surface area (Å²) in [4.78, 5) is 12.0. The summed E-state index contributed by atoms with van der Waals surface area (Å²) in [5.41, 5.74) is 2.25. The van der Waals surface area contributed by atoms with Gasteiger partial charge in [0.1, 0.15) is 5.78 Å². The molecule has 0 fully saturated rings. The summed E-state index contributed by atoms with van der Waals surface area (Å²) in [6, 6.07) is 7.97. The van der Waals surface area contributed by atoms with E-state index >= 15 is 0 Å². The van der Waals surface area contributed by atoms with Crippen LogP contribution in [0.5, 0.6) is 0 Å². The van der Waals surface area contributed by atoms with Gasteiger partial charge in [0.25, 0.3) is 0 Å². The third-order valence-corrected chi connectivity index (χ3v) is 5.48. The lowest BCUT2D eigenvalue weighted by Gasteiger charge is -2.09. The lowest BCUT2D eigenvalue weighted by atomic mass is 9.95. The number of hydrogen-bond acceptors (Lipinski definition) is 4. The molecule has 1 aromatic carbocycles. The third-order valence-electron chi connectivity index (χ3n) is 3.62. The summed E-state index contributed by atoms with van der Waals surface area (Å²) < 4.78 is 23.2. The maximum absolute atomic E-state index is 12.0. The molecule has 1 aromatic rings. The normalized spacial score (nSPS) is 17.6. The number of rotatable bonds is 7. The second-order valence-electron chi connectivity index (χ2n) is 5.31. The second-order valence-corrected chi connectivity index (χ2v) is 7.61. The van der Waals surface area contributed by atoms with Crippen molar-refractivity contribution < 1.29 is 13.2 Å². The Morgan fingerprint density at radius 1 is 1.30 bits per heavy atom. The van der Waals surface area contributed by atoms with Crippen LogP contribution in [0.4, 0.5) is 5.69 Å². The monoisotopic (exact) mass is 295 g/mol. The molecule has 1 heterocycles. The molecule has 1 aliphatic rings. The molecule has 1 N–H and O–H groups in total. The highest BCUT2D eigenvalue weighted by molar-refractivity contribution is 7.91. The van der Waals surface area contributed by atoms with Gasteiger partial charge >= 0.3 is 0 Å². The summed E-state index contributed by atoms with van der Waals surface area (Å²) in [6.45, 7) is 2.59. The Balaban J connectivity index is 1.88. The molecule has 0 bridgehead atoms. The quantitative estimate of drug-likeness (QED) is 0.839. The molecule has 2 rings (SSSR count). The number of Topliss-reactive ketones (excluding diaryl/α,β-unsaturated/α-hetero) is 1. The van der Waals surface area contributed by atoms with E-state index in [4.69, 9.17) is 0 Å². The number of ketones is 1. The van der Waals surface area contributed by atoms with Crippen LogP contribution >= 0.6 is 0 Å². The zero-order chi connectivity index (χ0) is 14.6. The average Bonchev–Trinajstić information content (AvgIpc) is 2.80. The van der Waals surface area contributed by atoms with Crippen molar-refractivity contribution in [1.29, 1.82) is 0 Å². The van der Waals surface area contributed by atoms with Gasteiger partial charge in [0.15, 0.2) is 9.84 Å². The van der Waals surface area contributed by atoms with Crippen molar-refractivity contribution in [1.82, 2.24) is 0 Å². The molecule has 0 saturated heterocycles. The molecule has 0 aromatic heterocycles. The molecule has 1 unspecified atom stereocenters. The maximum atomic E-state index is 12.0. The number of fused-ring (bicyclic) bond motifs is 1. The van der Waals surface area contributed by atoms with Crippen LogP contribution in [0.25, 0.3) is 0 Å². The van der Waals surface area contributed by atoms with Crippen LogP contribution in [0.1, 0.15) is 37.7 Å². The van der Waals surface area contributed by atoms with Crippen LogP contribution in [0.15, 0.2) is 24.3 Å². The summed E-state index contributed by atoms with van der Waals surface area (Å²) >= 11 is 0. The van der Waals surface area contributed by atoms with Crippen LogP contribution in [0.3, 0.4) is 0 Å². The number of sulfone groups is 1. The van der Waals surface area contributed by atoms with E-state index < -0.39 is 9.84 Å². The lowest BCUT2D eigenvalue weighted by Crippen LogP contribution is -2.16. The van der Waals surface area contributed by atoms with E-state index in [2.05, 4.69) is 5.32 Å². The average molecular weight is 295 g/mol. The predicted molar refractivity (Wildman–Crippen MR) is 80.9 cm³/mol. The van der Waals surface area contributed by atoms with Gasteiger partial charge in [-0.1, -0.05) is 25.1 Å². The van der Waals surface area contributed by atoms with Gasteiger partial charge in [-0.3, -0.25) is 4.79 Å². The van der Waals surface area contributed by atoms with Crippen LogP contribution in [0, 0.1) is 0 Å². The molecule has 20 heavy (non-hydrogen) atoms. The van der Waals surface area contributed by atoms with Crippen LogP contribution in [-0.4, -0.2) is 32.3 Å². The number of para-hydroxylation sites is 1. The van der Waals surface area contributed by atoms with E-state index in [1.54, 1.807) is 0 Å². The summed E-state index contributed by atoms with van der Waals surface area (Å²) in [5, 5.41) is 3.28.